The number of hydrogen-bond donors (Lipinski definition) is 4. The summed E-state index contributed by atoms with van der Waals surface area (Å²) >= 11 is 0. The third-order valence-electron chi connectivity index (χ3n) is 2.65. The van der Waals surface area contributed by atoms with Crippen LogP contribution in [0.1, 0.15) is 33.1 Å². The van der Waals surface area contributed by atoms with E-state index in [4.69, 9.17) is 10.8 Å². The van der Waals surface area contributed by atoms with Crippen LogP contribution in [0.15, 0.2) is 0 Å². The maximum Gasteiger partial charge on any atom is 0.326 e. The minimum absolute atomic E-state index is 0.154. The van der Waals surface area contributed by atoms with Crippen molar-refractivity contribution in [2.24, 2.45) is 11.7 Å². The van der Waals surface area contributed by atoms with Crippen LogP contribution < -0.4 is 16.4 Å². The molecule has 0 aromatic carbocycles. The fraction of sp³-hybridized carbons (Fsp3) is 0.727. The highest BCUT2D eigenvalue weighted by molar-refractivity contribution is 5.82. The molecule has 0 fully saturated rings. The first-order valence-electron chi connectivity index (χ1n) is 5.94. The lowest BCUT2D eigenvalue weighted by Gasteiger charge is -2.20. The van der Waals surface area contributed by atoms with E-state index in [0.717, 1.165) is 0 Å². The second-order valence-electron chi connectivity index (χ2n) is 4.17. The Morgan fingerprint density at radius 2 is 1.94 bits per heavy atom. The van der Waals surface area contributed by atoms with E-state index in [1.54, 1.807) is 6.92 Å². The van der Waals surface area contributed by atoms with Crippen molar-refractivity contribution in [2.75, 3.05) is 6.54 Å². The number of primary amides is 1. The molecule has 0 radical (unpaired) electrons. The van der Waals surface area contributed by atoms with Crippen LogP contribution in [0.4, 0.5) is 4.79 Å². The second-order valence-corrected chi connectivity index (χ2v) is 4.17. The molecule has 0 aromatic heterocycles. The van der Waals surface area contributed by atoms with Crippen LogP contribution in [0, 0.1) is 5.92 Å². The quantitative estimate of drug-likeness (QED) is 0.460. The van der Waals surface area contributed by atoms with Gasteiger partial charge in [-0.1, -0.05) is 20.3 Å². The predicted octanol–water partition coefficient (Wildman–Crippen LogP) is 0.0504. The molecule has 104 valence electrons. The summed E-state index contributed by atoms with van der Waals surface area (Å²) in [4.78, 5) is 32.8. The topological polar surface area (TPSA) is 122 Å². The highest BCUT2D eigenvalue weighted by Crippen LogP contribution is 2.07. The number of carbonyl (C=O) groups excluding carboxylic acids is 2. The number of carboxylic acids is 1. The average Bonchev–Trinajstić information content (AvgIpc) is 2.30. The van der Waals surface area contributed by atoms with Gasteiger partial charge in [-0.3, -0.25) is 4.79 Å². The number of amides is 3. The molecule has 7 heteroatoms. The van der Waals surface area contributed by atoms with Crippen LogP contribution in [0.3, 0.4) is 0 Å². The van der Waals surface area contributed by atoms with Gasteiger partial charge in [0.2, 0.25) is 5.91 Å². The number of nitrogens with two attached hydrogens (primary N) is 1. The highest BCUT2D eigenvalue weighted by Gasteiger charge is 2.24. The molecule has 2 atom stereocenters. The van der Waals surface area contributed by atoms with Gasteiger partial charge in [0.05, 0.1) is 0 Å². The summed E-state index contributed by atoms with van der Waals surface area (Å²) in [6.45, 7) is 3.89. The van der Waals surface area contributed by atoms with Crippen LogP contribution in [0.25, 0.3) is 0 Å². The van der Waals surface area contributed by atoms with Crippen molar-refractivity contribution in [2.45, 2.75) is 39.2 Å². The first-order chi connectivity index (χ1) is 8.38. The number of rotatable bonds is 8. The monoisotopic (exact) mass is 259 g/mol. The molecule has 0 rings (SSSR count). The van der Waals surface area contributed by atoms with Crippen molar-refractivity contribution in [3.8, 4) is 0 Å². The van der Waals surface area contributed by atoms with E-state index in [0.29, 0.717) is 12.8 Å². The van der Waals surface area contributed by atoms with Crippen LogP contribution >= 0.6 is 0 Å². The molecule has 0 aliphatic rings. The molecule has 0 spiro atoms. The van der Waals surface area contributed by atoms with Gasteiger partial charge in [0, 0.05) is 13.0 Å². The minimum Gasteiger partial charge on any atom is -0.480 e. The van der Waals surface area contributed by atoms with Crippen LogP contribution in [0.2, 0.25) is 0 Å². The number of nitrogens with one attached hydrogen (secondary N) is 2. The van der Waals surface area contributed by atoms with E-state index >= 15 is 0 Å². The van der Waals surface area contributed by atoms with Gasteiger partial charge < -0.3 is 21.5 Å². The molecule has 0 saturated carbocycles. The molecule has 3 amide bonds. The average molecular weight is 259 g/mol. The van der Waals surface area contributed by atoms with Crippen molar-refractivity contribution in [3.05, 3.63) is 0 Å². The largest absolute Gasteiger partial charge is 0.480 e. The van der Waals surface area contributed by atoms with Crippen molar-refractivity contribution in [1.82, 2.24) is 10.6 Å². The highest BCUT2D eigenvalue weighted by atomic mass is 16.4. The van der Waals surface area contributed by atoms with E-state index in [1.165, 1.54) is 0 Å². The Balaban J connectivity index is 4.03. The lowest BCUT2D eigenvalue weighted by molar-refractivity contribution is -0.140. The Bertz CT molecular complexity index is 307. The zero-order chi connectivity index (χ0) is 14.1. The van der Waals surface area contributed by atoms with Gasteiger partial charge in [0.25, 0.3) is 0 Å². The molecular weight excluding hydrogens is 238 g/mol. The Hall–Kier alpha value is -1.79. The van der Waals surface area contributed by atoms with Crippen LogP contribution in [-0.4, -0.2) is 35.6 Å². The van der Waals surface area contributed by atoms with E-state index in [-0.39, 0.29) is 18.9 Å². The van der Waals surface area contributed by atoms with Gasteiger partial charge in [-0.25, -0.2) is 9.59 Å². The van der Waals surface area contributed by atoms with E-state index in [2.05, 4.69) is 10.6 Å². The zero-order valence-corrected chi connectivity index (χ0v) is 10.7. The second kappa shape index (κ2) is 8.32. The zero-order valence-electron chi connectivity index (χ0n) is 10.7. The Kier molecular flexibility index (Phi) is 7.50. The molecule has 0 heterocycles. The normalized spacial score (nSPS) is 13.4. The summed E-state index contributed by atoms with van der Waals surface area (Å²) in [6, 6.07) is -1.46. The summed E-state index contributed by atoms with van der Waals surface area (Å²) in [6.07, 6.45) is 1.27. The van der Waals surface area contributed by atoms with Crippen LogP contribution in [0.5, 0.6) is 0 Å². The molecule has 0 aromatic rings. The lowest BCUT2D eigenvalue weighted by Crippen LogP contribution is -2.49. The van der Waals surface area contributed by atoms with Crippen molar-refractivity contribution in [1.29, 1.82) is 0 Å². The Labute approximate surface area is 106 Å². The van der Waals surface area contributed by atoms with Crippen molar-refractivity contribution < 1.29 is 19.5 Å². The SMILES string of the molecule is CCC(C)C(NC(=O)NCCCC(N)=O)C(=O)O. The summed E-state index contributed by atoms with van der Waals surface area (Å²) in [5.74, 6) is -1.64. The summed E-state index contributed by atoms with van der Waals surface area (Å²) in [5, 5.41) is 13.8. The van der Waals surface area contributed by atoms with Crippen molar-refractivity contribution in [3.63, 3.8) is 0 Å². The number of carbonyl (C=O) groups is 3. The fourth-order valence-electron chi connectivity index (χ4n) is 1.34. The van der Waals surface area contributed by atoms with Crippen LogP contribution in [-0.2, 0) is 9.59 Å². The first kappa shape index (κ1) is 16.2. The fourth-order valence-corrected chi connectivity index (χ4v) is 1.34. The van der Waals surface area contributed by atoms with E-state index < -0.39 is 23.9 Å². The maximum atomic E-state index is 11.4. The summed E-state index contributed by atoms with van der Waals surface area (Å²) in [7, 11) is 0. The summed E-state index contributed by atoms with van der Waals surface area (Å²) < 4.78 is 0. The van der Waals surface area contributed by atoms with E-state index in [1.807, 2.05) is 6.92 Å². The van der Waals surface area contributed by atoms with Gasteiger partial charge in [-0.2, -0.15) is 0 Å². The summed E-state index contributed by atoms with van der Waals surface area (Å²) in [5.41, 5.74) is 4.94. The molecule has 0 aliphatic heterocycles. The van der Waals surface area contributed by atoms with Crippen molar-refractivity contribution >= 4 is 17.9 Å². The smallest absolute Gasteiger partial charge is 0.326 e. The number of hydrogen-bond acceptors (Lipinski definition) is 3. The molecule has 2 unspecified atom stereocenters. The van der Waals surface area contributed by atoms with Gasteiger partial charge in [0.15, 0.2) is 0 Å². The van der Waals surface area contributed by atoms with Gasteiger partial charge in [0.1, 0.15) is 6.04 Å². The maximum absolute atomic E-state index is 11.4. The molecular formula is C11H21N3O4. The third kappa shape index (κ3) is 6.72. The number of aliphatic carboxylic acids is 1. The van der Waals surface area contributed by atoms with Gasteiger partial charge >= 0.3 is 12.0 Å². The van der Waals surface area contributed by atoms with Gasteiger partial charge in [-0.05, 0) is 12.3 Å². The molecule has 0 bridgehead atoms. The van der Waals surface area contributed by atoms with E-state index in [9.17, 15) is 14.4 Å². The Morgan fingerprint density at radius 1 is 1.33 bits per heavy atom. The molecule has 7 nitrogen and oxygen atoms in total. The molecule has 5 N–H and O–H groups in total. The third-order valence-corrected chi connectivity index (χ3v) is 2.65. The molecule has 0 aliphatic carbocycles. The lowest BCUT2D eigenvalue weighted by atomic mass is 9.99. The Morgan fingerprint density at radius 3 is 2.39 bits per heavy atom. The van der Waals surface area contributed by atoms with Gasteiger partial charge in [-0.15, -0.1) is 0 Å². The first-order valence-corrected chi connectivity index (χ1v) is 5.94. The minimum atomic E-state index is -1.06. The standard InChI is InChI=1S/C11H21N3O4/c1-3-7(2)9(10(16)17)14-11(18)13-6-4-5-8(12)15/h7,9H,3-6H2,1-2H3,(H2,12,15)(H,16,17)(H2,13,14,18). The number of urea groups is 1. The number of carboxylic acid groups (broad SMARTS) is 1. The molecule has 0 saturated heterocycles. The predicted molar refractivity (Wildman–Crippen MR) is 65.8 cm³/mol. The molecule has 18 heavy (non-hydrogen) atoms.